The number of thiocarbonyl (C=S) groups is 1. The van der Waals surface area contributed by atoms with Crippen LogP contribution in [0.5, 0.6) is 0 Å². The molecule has 0 bridgehead atoms. The van der Waals surface area contributed by atoms with E-state index < -0.39 is 0 Å². The van der Waals surface area contributed by atoms with Crippen LogP contribution in [0.2, 0.25) is 0 Å². The van der Waals surface area contributed by atoms with E-state index in [2.05, 4.69) is 24.1 Å². The Labute approximate surface area is 92.0 Å². The van der Waals surface area contributed by atoms with Gasteiger partial charge in [0.05, 0.1) is 0 Å². The number of nitrogens with zero attached hydrogens (tertiary/aromatic N) is 1. The maximum atomic E-state index is 5.44. The summed E-state index contributed by atoms with van der Waals surface area (Å²) < 4.78 is 0. The first-order chi connectivity index (χ1) is 6.66. The van der Waals surface area contributed by atoms with Crippen LogP contribution in [0, 0.1) is 5.92 Å². The van der Waals surface area contributed by atoms with E-state index in [9.17, 15) is 0 Å². The molecule has 3 heteroatoms. The van der Waals surface area contributed by atoms with E-state index in [0.29, 0.717) is 12.1 Å². The maximum absolute atomic E-state index is 5.44. The second kappa shape index (κ2) is 4.05. The van der Waals surface area contributed by atoms with Crippen molar-refractivity contribution in [2.24, 2.45) is 5.92 Å². The molecule has 14 heavy (non-hydrogen) atoms. The summed E-state index contributed by atoms with van der Waals surface area (Å²) in [6.45, 7) is 5.74. The van der Waals surface area contributed by atoms with Crippen LogP contribution in [0.3, 0.4) is 0 Å². The highest BCUT2D eigenvalue weighted by molar-refractivity contribution is 7.80. The van der Waals surface area contributed by atoms with Crippen LogP contribution in [-0.4, -0.2) is 28.6 Å². The largest absolute Gasteiger partial charge is 0.360 e. The predicted octanol–water partition coefficient (Wildman–Crippen LogP) is 2.14. The van der Waals surface area contributed by atoms with Crippen molar-refractivity contribution in [3.05, 3.63) is 0 Å². The minimum Gasteiger partial charge on any atom is -0.360 e. The second-order valence-corrected chi connectivity index (χ2v) is 5.29. The molecule has 2 unspecified atom stereocenters. The van der Waals surface area contributed by atoms with E-state index in [-0.39, 0.29) is 0 Å². The minimum atomic E-state index is 0.630. The Hall–Kier alpha value is -0.310. The number of nitrogens with one attached hydrogen (secondary N) is 1. The lowest BCUT2D eigenvalue weighted by Gasteiger charge is -2.38. The molecule has 0 aromatic heterocycles. The monoisotopic (exact) mass is 212 g/mol. The van der Waals surface area contributed by atoms with Crippen LogP contribution in [0.15, 0.2) is 0 Å². The molecule has 0 aromatic rings. The van der Waals surface area contributed by atoms with Crippen molar-refractivity contribution in [2.45, 2.75) is 51.6 Å². The Kier molecular flexibility index (Phi) is 2.96. The Morgan fingerprint density at radius 2 is 1.93 bits per heavy atom. The lowest BCUT2D eigenvalue weighted by molar-refractivity contribution is 0.205. The van der Waals surface area contributed by atoms with Crippen molar-refractivity contribution in [1.29, 1.82) is 0 Å². The molecule has 0 aromatic carbocycles. The summed E-state index contributed by atoms with van der Waals surface area (Å²) in [5, 5.41) is 4.42. The molecule has 1 N–H and O–H groups in total. The zero-order valence-electron chi connectivity index (χ0n) is 9.12. The SMILES string of the molecule is CC1CCC(C)N(C(=S)NC2CC2)C1. The van der Waals surface area contributed by atoms with Crippen molar-refractivity contribution < 1.29 is 0 Å². The first kappa shape index (κ1) is 10.2. The van der Waals surface area contributed by atoms with Gasteiger partial charge in [0, 0.05) is 18.6 Å². The first-order valence-electron chi connectivity index (χ1n) is 5.74. The van der Waals surface area contributed by atoms with Gasteiger partial charge in [0.25, 0.3) is 0 Å². The molecular weight excluding hydrogens is 192 g/mol. The molecule has 2 rings (SSSR count). The first-order valence-corrected chi connectivity index (χ1v) is 6.15. The molecule has 1 aliphatic heterocycles. The molecule has 2 aliphatic rings. The quantitative estimate of drug-likeness (QED) is 0.670. The van der Waals surface area contributed by atoms with Gasteiger partial charge in [-0.15, -0.1) is 0 Å². The number of hydrogen-bond acceptors (Lipinski definition) is 1. The number of likely N-dealkylation sites (tertiary alicyclic amines) is 1. The van der Waals surface area contributed by atoms with Crippen molar-refractivity contribution in [3.8, 4) is 0 Å². The van der Waals surface area contributed by atoms with Crippen LogP contribution < -0.4 is 5.32 Å². The zero-order chi connectivity index (χ0) is 10.1. The smallest absolute Gasteiger partial charge is 0.169 e. The Morgan fingerprint density at radius 1 is 1.21 bits per heavy atom. The van der Waals surface area contributed by atoms with Gasteiger partial charge in [-0.3, -0.25) is 0 Å². The molecule has 1 saturated carbocycles. The molecule has 1 aliphatic carbocycles. The molecule has 2 fully saturated rings. The fourth-order valence-electron chi connectivity index (χ4n) is 2.06. The number of hydrogen-bond donors (Lipinski definition) is 1. The van der Waals surface area contributed by atoms with Crippen LogP contribution in [0.25, 0.3) is 0 Å². The van der Waals surface area contributed by atoms with Gasteiger partial charge >= 0.3 is 0 Å². The number of rotatable bonds is 1. The summed E-state index contributed by atoms with van der Waals surface area (Å²) in [5.41, 5.74) is 0. The predicted molar refractivity (Wildman–Crippen MR) is 63.3 cm³/mol. The zero-order valence-corrected chi connectivity index (χ0v) is 9.94. The molecule has 80 valence electrons. The highest BCUT2D eigenvalue weighted by atomic mass is 32.1. The van der Waals surface area contributed by atoms with Crippen LogP contribution in [-0.2, 0) is 0 Å². The second-order valence-electron chi connectivity index (χ2n) is 4.91. The standard InChI is InChI=1S/C11H20N2S/c1-8-3-4-9(2)13(7-8)11(14)12-10-5-6-10/h8-10H,3-7H2,1-2H3,(H,12,14). The lowest BCUT2D eigenvalue weighted by atomic mass is 9.95. The topological polar surface area (TPSA) is 15.3 Å². The number of piperidine rings is 1. The summed E-state index contributed by atoms with van der Waals surface area (Å²) in [4.78, 5) is 2.38. The summed E-state index contributed by atoms with van der Waals surface area (Å²) in [6, 6.07) is 1.32. The third-order valence-electron chi connectivity index (χ3n) is 3.28. The van der Waals surface area contributed by atoms with Gasteiger partial charge < -0.3 is 10.2 Å². The van der Waals surface area contributed by atoms with E-state index in [4.69, 9.17) is 12.2 Å². The summed E-state index contributed by atoms with van der Waals surface area (Å²) in [7, 11) is 0. The van der Waals surface area contributed by atoms with E-state index >= 15 is 0 Å². The summed E-state index contributed by atoms with van der Waals surface area (Å²) in [6.07, 6.45) is 5.24. The fourth-order valence-corrected chi connectivity index (χ4v) is 2.48. The van der Waals surface area contributed by atoms with Gasteiger partial charge in [-0.05, 0) is 50.7 Å². The van der Waals surface area contributed by atoms with Crippen molar-refractivity contribution >= 4 is 17.3 Å². The molecule has 2 atom stereocenters. The third-order valence-corrected chi connectivity index (χ3v) is 3.64. The van der Waals surface area contributed by atoms with Gasteiger partial charge in [0.2, 0.25) is 0 Å². The fraction of sp³-hybridized carbons (Fsp3) is 0.909. The Morgan fingerprint density at radius 3 is 2.57 bits per heavy atom. The molecule has 1 saturated heterocycles. The van der Waals surface area contributed by atoms with E-state index in [1.54, 1.807) is 0 Å². The normalized spacial score (nSPS) is 32.9. The van der Waals surface area contributed by atoms with Gasteiger partial charge in [-0.1, -0.05) is 6.92 Å². The van der Waals surface area contributed by atoms with Gasteiger partial charge in [-0.25, -0.2) is 0 Å². The average molecular weight is 212 g/mol. The highest BCUT2D eigenvalue weighted by Crippen LogP contribution is 2.23. The average Bonchev–Trinajstić information content (AvgIpc) is 2.93. The highest BCUT2D eigenvalue weighted by Gasteiger charge is 2.28. The maximum Gasteiger partial charge on any atom is 0.169 e. The molecule has 1 heterocycles. The molecular formula is C11H20N2S. The molecule has 0 spiro atoms. The van der Waals surface area contributed by atoms with Crippen LogP contribution >= 0.6 is 12.2 Å². The minimum absolute atomic E-state index is 0.630. The van der Waals surface area contributed by atoms with Crippen LogP contribution in [0.1, 0.15) is 39.5 Å². The van der Waals surface area contributed by atoms with E-state index in [0.717, 1.165) is 17.6 Å². The van der Waals surface area contributed by atoms with Crippen LogP contribution in [0.4, 0.5) is 0 Å². The van der Waals surface area contributed by atoms with Gasteiger partial charge in [0.15, 0.2) is 5.11 Å². The molecule has 2 nitrogen and oxygen atoms in total. The van der Waals surface area contributed by atoms with E-state index in [1.807, 2.05) is 0 Å². The molecule has 0 radical (unpaired) electrons. The van der Waals surface area contributed by atoms with Crippen molar-refractivity contribution in [2.75, 3.05) is 6.54 Å². The van der Waals surface area contributed by atoms with E-state index in [1.165, 1.54) is 25.7 Å². The Balaban J connectivity index is 1.88. The van der Waals surface area contributed by atoms with Crippen molar-refractivity contribution in [1.82, 2.24) is 10.2 Å². The van der Waals surface area contributed by atoms with Gasteiger partial charge in [0.1, 0.15) is 0 Å². The molecule has 0 amide bonds. The summed E-state index contributed by atoms with van der Waals surface area (Å²) >= 11 is 5.44. The van der Waals surface area contributed by atoms with Crippen molar-refractivity contribution in [3.63, 3.8) is 0 Å². The Bertz CT molecular complexity index is 225. The lowest BCUT2D eigenvalue weighted by Crippen LogP contribution is -2.49. The van der Waals surface area contributed by atoms with Gasteiger partial charge in [-0.2, -0.15) is 0 Å². The summed E-state index contributed by atoms with van der Waals surface area (Å²) in [5.74, 6) is 0.796. The third kappa shape index (κ3) is 2.38.